The number of benzene rings is 1. The molecule has 1 aliphatic rings. The minimum absolute atomic E-state index is 0.0833. The highest BCUT2D eigenvalue weighted by molar-refractivity contribution is 5.91. The normalized spacial score (nSPS) is 12.6. The predicted octanol–water partition coefficient (Wildman–Crippen LogP) is 3.06. The Morgan fingerprint density at radius 2 is 1.65 bits per heavy atom. The summed E-state index contributed by atoms with van der Waals surface area (Å²) in [5.41, 5.74) is 0.167. The SMILES string of the molecule is C=CN1C=CN(CCCC)C1.O=C(O)c1ccc(C(=O)O)cc1. The summed E-state index contributed by atoms with van der Waals surface area (Å²) in [5.74, 6) is -2.13. The Hall–Kier alpha value is -2.76. The van der Waals surface area contributed by atoms with Crippen molar-refractivity contribution in [1.29, 1.82) is 0 Å². The van der Waals surface area contributed by atoms with E-state index in [1.807, 2.05) is 6.20 Å². The largest absolute Gasteiger partial charge is 0.478 e. The van der Waals surface area contributed by atoms with Crippen LogP contribution in [0, 0.1) is 0 Å². The van der Waals surface area contributed by atoms with Crippen molar-refractivity contribution in [2.24, 2.45) is 0 Å². The molecule has 0 unspecified atom stereocenters. The van der Waals surface area contributed by atoms with Crippen molar-refractivity contribution >= 4 is 11.9 Å². The van der Waals surface area contributed by atoms with Gasteiger partial charge in [0.1, 0.15) is 0 Å². The van der Waals surface area contributed by atoms with Gasteiger partial charge in [0, 0.05) is 18.9 Å². The highest BCUT2D eigenvalue weighted by Gasteiger charge is 2.07. The van der Waals surface area contributed by atoms with Gasteiger partial charge < -0.3 is 20.0 Å². The summed E-state index contributed by atoms with van der Waals surface area (Å²) in [7, 11) is 0. The van der Waals surface area contributed by atoms with Gasteiger partial charge in [0.2, 0.25) is 0 Å². The Morgan fingerprint density at radius 3 is 2.00 bits per heavy atom. The average Bonchev–Trinajstić information content (AvgIpc) is 3.01. The molecule has 6 heteroatoms. The van der Waals surface area contributed by atoms with Crippen molar-refractivity contribution in [3.05, 3.63) is 60.6 Å². The van der Waals surface area contributed by atoms with Crippen LogP contribution >= 0.6 is 0 Å². The molecule has 0 radical (unpaired) electrons. The molecule has 1 aromatic carbocycles. The molecule has 0 saturated heterocycles. The predicted molar refractivity (Wildman–Crippen MR) is 88.0 cm³/mol. The lowest BCUT2D eigenvalue weighted by atomic mass is 10.1. The molecule has 23 heavy (non-hydrogen) atoms. The van der Waals surface area contributed by atoms with Crippen LogP contribution in [-0.2, 0) is 0 Å². The Balaban J connectivity index is 0.000000231. The first-order valence-electron chi connectivity index (χ1n) is 7.35. The summed E-state index contributed by atoms with van der Waals surface area (Å²) in [6.45, 7) is 8.06. The fourth-order valence-corrected chi connectivity index (χ4v) is 1.86. The second-order valence-corrected chi connectivity index (χ2v) is 4.99. The highest BCUT2D eigenvalue weighted by atomic mass is 16.4. The van der Waals surface area contributed by atoms with E-state index in [4.69, 9.17) is 10.2 Å². The molecule has 1 heterocycles. The van der Waals surface area contributed by atoms with Gasteiger partial charge in [-0.1, -0.05) is 19.9 Å². The third-order valence-corrected chi connectivity index (χ3v) is 3.23. The van der Waals surface area contributed by atoms with Crippen molar-refractivity contribution < 1.29 is 19.8 Å². The number of unbranched alkanes of at least 4 members (excludes halogenated alkanes) is 1. The molecule has 0 bridgehead atoms. The van der Waals surface area contributed by atoms with Crippen molar-refractivity contribution in [2.45, 2.75) is 19.8 Å². The fraction of sp³-hybridized carbons (Fsp3) is 0.294. The fourth-order valence-electron chi connectivity index (χ4n) is 1.86. The van der Waals surface area contributed by atoms with Gasteiger partial charge in [-0.2, -0.15) is 0 Å². The van der Waals surface area contributed by atoms with E-state index in [2.05, 4.69) is 35.7 Å². The maximum atomic E-state index is 10.3. The Morgan fingerprint density at radius 1 is 1.13 bits per heavy atom. The van der Waals surface area contributed by atoms with E-state index in [0.29, 0.717) is 0 Å². The van der Waals surface area contributed by atoms with Gasteiger partial charge in [-0.3, -0.25) is 0 Å². The van der Waals surface area contributed by atoms with Gasteiger partial charge >= 0.3 is 11.9 Å². The third-order valence-electron chi connectivity index (χ3n) is 3.23. The van der Waals surface area contributed by atoms with Gasteiger partial charge in [0.25, 0.3) is 0 Å². The molecule has 2 rings (SSSR count). The van der Waals surface area contributed by atoms with E-state index < -0.39 is 11.9 Å². The van der Waals surface area contributed by atoms with Crippen LogP contribution in [0.1, 0.15) is 40.5 Å². The molecule has 0 aromatic heterocycles. The molecule has 0 atom stereocenters. The second kappa shape index (κ2) is 9.30. The first-order valence-corrected chi connectivity index (χ1v) is 7.35. The minimum atomic E-state index is -1.06. The van der Waals surface area contributed by atoms with Gasteiger partial charge in [0.05, 0.1) is 17.8 Å². The molecule has 6 nitrogen and oxygen atoms in total. The quantitative estimate of drug-likeness (QED) is 0.839. The molecule has 0 amide bonds. The molecule has 1 aliphatic heterocycles. The van der Waals surface area contributed by atoms with E-state index >= 15 is 0 Å². The zero-order valence-corrected chi connectivity index (χ0v) is 13.2. The van der Waals surface area contributed by atoms with Crippen molar-refractivity contribution in [3.63, 3.8) is 0 Å². The maximum Gasteiger partial charge on any atom is 0.335 e. The lowest BCUT2D eigenvalue weighted by Crippen LogP contribution is -2.22. The number of carboxylic acids is 2. The van der Waals surface area contributed by atoms with Gasteiger partial charge in [-0.15, -0.1) is 0 Å². The minimum Gasteiger partial charge on any atom is -0.478 e. The number of carboxylic acid groups (broad SMARTS) is 2. The Labute approximate surface area is 135 Å². The molecule has 124 valence electrons. The summed E-state index contributed by atoms with van der Waals surface area (Å²) in [4.78, 5) is 25.0. The first kappa shape index (κ1) is 18.3. The number of carbonyl (C=O) groups is 2. The summed E-state index contributed by atoms with van der Waals surface area (Å²) >= 11 is 0. The lowest BCUT2D eigenvalue weighted by Gasteiger charge is -2.17. The third kappa shape index (κ3) is 6.25. The van der Waals surface area contributed by atoms with Gasteiger partial charge in [-0.25, -0.2) is 9.59 Å². The molecule has 0 fully saturated rings. The average molecular weight is 318 g/mol. The topological polar surface area (TPSA) is 81.1 Å². The van der Waals surface area contributed by atoms with Crippen LogP contribution in [0.25, 0.3) is 0 Å². The van der Waals surface area contributed by atoms with E-state index in [9.17, 15) is 9.59 Å². The number of hydrogen-bond acceptors (Lipinski definition) is 4. The standard InChI is InChI=1S/C9H16N2.C8H6O4/c1-3-5-6-11-8-7-10(4-2)9-11;9-7(10)5-1-2-6(4-3-5)8(11)12/h4,7-8H,2-3,5-6,9H2,1H3;1-4H,(H,9,10)(H,11,12). The lowest BCUT2D eigenvalue weighted by molar-refractivity contribution is 0.0681. The molecular weight excluding hydrogens is 296 g/mol. The number of nitrogens with zero attached hydrogens (tertiary/aromatic N) is 2. The zero-order chi connectivity index (χ0) is 17.2. The van der Waals surface area contributed by atoms with Crippen LogP contribution < -0.4 is 0 Å². The van der Waals surface area contributed by atoms with E-state index in [-0.39, 0.29) is 11.1 Å². The number of rotatable bonds is 6. The molecule has 0 saturated carbocycles. The zero-order valence-electron chi connectivity index (χ0n) is 13.2. The monoisotopic (exact) mass is 318 g/mol. The molecule has 1 aromatic rings. The van der Waals surface area contributed by atoms with Gasteiger partial charge in [0.15, 0.2) is 0 Å². The van der Waals surface area contributed by atoms with Crippen LogP contribution in [0.5, 0.6) is 0 Å². The summed E-state index contributed by atoms with van der Waals surface area (Å²) in [5, 5.41) is 16.9. The summed E-state index contributed by atoms with van der Waals surface area (Å²) < 4.78 is 0. The van der Waals surface area contributed by atoms with Crippen LogP contribution in [0.15, 0.2) is 49.4 Å². The van der Waals surface area contributed by atoms with Crippen LogP contribution in [-0.4, -0.2) is 45.2 Å². The summed E-state index contributed by atoms with van der Waals surface area (Å²) in [6.07, 6.45) is 8.57. The van der Waals surface area contributed by atoms with Crippen molar-refractivity contribution in [2.75, 3.05) is 13.2 Å². The van der Waals surface area contributed by atoms with Crippen LogP contribution in [0.2, 0.25) is 0 Å². The molecular formula is C17H22N2O4. The second-order valence-electron chi connectivity index (χ2n) is 4.99. The highest BCUT2D eigenvalue weighted by Crippen LogP contribution is 2.07. The number of aromatic carboxylic acids is 2. The Kier molecular flexibility index (Phi) is 7.39. The van der Waals surface area contributed by atoms with Crippen molar-refractivity contribution in [3.8, 4) is 0 Å². The van der Waals surface area contributed by atoms with Crippen LogP contribution in [0.4, 0.5) is 0 Å². The molecule has 0 spiro atoms. The number of hydrogen-bond donors (Lipinski definition) is 2. The van der Waals surface area contributed by atoms with Crippen molar-refractivity contribution in [1.82, 2.24) is 9.80 Å². The smallest absolute Gasteiger partial charge is 0.335 e. The molecule has 2 N–H and O–H groups in total. The van der Waals surface area contributed by atoms with E-state index in [1.54, 1.807) is 0 Å². The summed E-state index contributed by atoms with van der Waals surface area (Å²) in [6, 6.07) is 5.02. The van der Waals surface area contributed by atoms with Crippen LogP contribution in [0.3, 0.4) is 0 Å². The Bertz CT molecular complexity index is 533. The van der Waals surface area contributed by atoms with E-state index in [1.165, 1.54) is 37.1 Å². The first-order chi connectivity index (χ1) is 11.0. The molecule has 0 aliphatic carbocycles. The maximum absolute atomic E-state index is 10.3. The van der Waals surface area contributed by atoms with Gasteiger partial charge in [-0.05, 0) is 36.9 Å². The van der Waals surface area contributed by atoms with E-state index in [0.717, 1.165) is 13.2 Å².